The van der Waals surface area contributed by atoms with Gasteiger partial charge in [-0.3, -0.25) is 0 Å². The number of aromatic nitrogens is 1. The van der Waals surface area contributed by atoms with Gasteiger partial charge in [0.25, 0.3) is 0 Å². The zero-order valence-corrected chi connectivity index (χ0v) is 16.4. The van der Waals surface area contributed by atoms with Crippen LogP contribution in [0.2, 0.25) is 0 Å². The van der Waals surface area contributed by atoms with E-state index in [0.29, 0.717) is 32.3 Å². The van der Waals surface area contributed by atoms with Gasteiger partial charge in [0.1, 0.15) is 19.0 Å². The fourth-order valence-electron chi connectivity index (χ4n) is 1.99. The summed E-state index contributed by atoms with van der Waals surface area (Å²) in [5.74, 6) is 0.806. The van der Waals surface area contributed by atoms with Gasteiger partial charge in [-0.25, -0.2) is 9.37 Å². The lowest BCUT2D eigenvalue weighted by Gasteiger charge is -2.08. The van der Waals surface area contributed by atoms with Gasteiger partial charge in [-0.15, -0.1) is 0 Å². The molecule has 0 aliphatic rings. The number of aromatic hydroxyl groups is 1. The normalized spacial score (nSPS) is 11.2. The SMILES string of the molecule is Oc1ccc(/C=C/c2cnc(OCCOCCOCCF)c(I)c2)cc1. The maximum atomic E-state index is 11.8. The Morgan fingerprint density at radius 1 is 0.962 bits per heavy atom. The van der Waals surface area contributed by atoms with Gasteiger partial charge >= 0.3 is 0 Å². The quantitative estimate of drug-likeness (QED) is 0.396. The van der Waals surface area contributed by atoms with Crippen LogP contribution in [0.1, 0.15) is 11.1 Å². The molecule has 2 rings (SSSR count). The van der Waals surface area contributed by atoms with Crippen LogP contribution < -0.4 is 4.74 Å². The lowest BCUT2D eigenvalue weighted by molar-refractivity contribution is 0.0319. The number of hydrogen-bond donors (Lipinski definition) is 1. The van der Waals surface area contributed by atoms with Crippen LogP contribution in [0.25, 0.3) is 12.2 Å². The molecule has 1 aromatic heterocycles. The summed E-state index contributed by atoms with van der Waals surface area (Å²) in [6.07, 6.45) is 5.64. The molecule has 0 aliphatic carbocycles. The van der Waals surface area contributed by atoms with Crippen molar-refractivity contribution in [3.8, 4) is 11.6 Å². The monoisotopic (exact) mass is 473 g/mol. The van der Waals surface area contributed by atoms with E-state index in [9.17, 15) is 9.50 Å². The van der Waals surface area contributed by atoms with Gasteiger partial charge < -0.3 is 19.3 Å². The maximum absolute atomic E-state index is 11.8. The Hall–Kier alpha value is -1.71. The zero-order chi connectivity index (χ0) is 18.6. The summed E-state index contributed by atoms with van der Waals surface area (Å²) in [5, 5.41) is 9.28. The zero-order valence-electron chi connectivity index (χ0n) is 14.2. The second kappa shape index (κ2) is 11.8. The number of nitrogens with zero attached hydrogens (tertiary/aromatic N) is 1. The number of ether oxygens (including phenoxy) is 3. The van der Waals surface area contributed by atoms with E-state index in [4.69, 9.17) is 14.2 Å². The van der Waals surface area contributed by atoms with Crippen LogP contribution in [0.15, 0.2) is 36.5 Å². The van der Waals surface area contributed by atoms with E-state index in [-0.39, 0.29) is 12.4 Å². The van der Waals surface area contributed by atoms with Crippen molar-refractivity contribution in [2.75, 3.05) is 39.7 Å². The summed E-state index contributed by atoms with van der Waals surface area (Å²) >= 11 is 2.18. The minimum Gasteiger partial charge on any atom is -0.508 e. The number of halogens is 2. The van der Waals surface area contributed by atoms with Crippen LogP contribution in [-0.4, -0.2) is 49.8 Å². The first kappa shape index (κ1) is 20.6. The van der Waals surface area contributed by atoms with E-state index in [1.54, 1.807) is 18.3 Å². The van der Waals surface area contributed by atoms with Gasteiger partial charge in [-0.05, 0) is 51.9 Å². The molecular formula is C19H21FINO4. The third kappa shape index (κ3) is 7.67. The van der Waals surface area contributed by atoms with E-state index < -0.39 is 6.67 Å². The third-order valence-electron chi connectivity index (χ3n) is 3.25. The first-order chi connectivity index (χ1) is 12.7. The van der Waals surface area contributed by atoms with Crippen molar-refractivity contribution >= 4 is 34.7 Å². The average molecular weight is 473 g/mol. The highest BCUT2D eigenvalue weighted by molar-refractivity contribution is 14.1. The van der Waals surface area contributed by atoms with Crippen LogP contribution in [0.5, 0.6) is 11.6 Å². The average Bonchev–Trinajstić information content (AvgIpc) is 2.65. The van der Waals surface area contributed by atoms with E-state index >= 15 is 0 Å². The number of hydrogen-bond acceptors (Lipinski definition) is 5. The summed E-state index contributed by atoms with van der Waals surface area (Å²) in [7, 11) is 0. The Labute approximate surface area is 166 Å². The van der Waals surface area contributed by atoms with Crippen molar-refractivity contribution in [3.05, 3.63) is 51.2 Å². The number of benzene rings is 1. The Morgan fingerprint density at radius 3 is 2.31 bits per heavy atom. The van der Waals surface area contributed by atoms with E-state index in [2.05, 4.69) is 27.6 Å². The Morgan fingerprint density at radius 2 is 1.62 bits per heavy atom. The topological polar surface area (TPSA) is 60.8 Å². The van der Waals surface area contributed by atoms with Crippen LogP contribution in [0, 0.1) is 3.57 Å². The summed E-state index contributed by atoms with van der Waals surface area (Å²) in [6, 6.07) is 8.95. The highest BCUT2D eigenvalue weighted by Gasteiger charge is 2.03. The molecule has 1 heterocycles. The Bertz CT molecular complexity index is 694. The van der Waals surface area contributed by atoms with Gasteiger partial charge in [0.2, 0.25) is 5.88 Å². The molecule has 0 saturated carbocycles. The minimum atomic E-state index is -0.479. The molecule has 0 radical (unpaired) electrons. The molecule has 0 amide bonds. The highest BCUT2D eigenvalue weighted by atomic mass is 127. The summed E-state index contributed by atoms with van der Waals surface area (Å²) in [4.78, 5) is 4.32. The lowest BCUT2D eigenvalue weighted by Crippen LogP contribution is -2.12. The second-order valence-corrected chi connectivity index (χ2v) is 6.40. The van der Waals surface area contributed by atoms with Crippen molar-refractivity contribution in [2.24, 2.45) is 0 Å². The van der Waals surface area contributed by atoms with Crippen molar-refractivity contribution < 1.29 is 23.7 Å². The molecule has 1 aromatic carbocycles. The Kier molecular flexibility index (Phi) is 9.36. The molecule has 5 nitrogen and oxygen atoms in total. The smallest absolute Gasteiger partial charge is 0.227 e. The summed E-state index contributed by atoms with van der Waals surface area (Å²) in [5.41, 5.74) is 1.95. The van der Waals surface area contributed by atoms with E-state index in [0.717, 1.165) is 14.7 Å². The van der Waals surface area contributed by atoms with Crippen molar-refractivity contribution in [1.29, 1.82) is 0 Å². The molecule has 140 valence electrons. The van der Waals surface area contributed by atoms with Crippen LogP contribution in [0.4, 0.5) is 4.39 Å². The number of pyridine rings is 1. The molecule has 7 heteroatoms. The maximum Gasteiger partial charge on any atom is 0.227 e. The third-order valence-corrected chi connectivity index (χ3v) is 4.02. The van der Waals surface area contributed by atoms with Crippen LogP contribution in [-0.2, 0) is 9.47 Å². The first-order valence-electron chi connectivity index (χ1n) is 8.16. The molecule has 1 N–H and O–H groups in total. The van der Waals surface area contributed by atoms with Gasteiger partial charge in [-0.2, -0.15) is 0 Å². The predicted octanol–water partition coefficient (Wildman–Crippen LogP) is 3.94. The van der Waals surface area contributed by atoms with Crippen LogP contribution in [0.3, 0.4) is 0 Å². The lowest BCUT2D eigenvalue weighted by atomic mass is 10.1. The summed E-state index contributed by atoms with van der Waals surface area (Å²) < 4.78 is 28.6. The van der Waals surface area contributed by atoms with Gasteiger partial charge in [0.05, 0.1) is 30.0 Å². The molecule has 26 heavy (non-hydrogen) atoms. The molecule has 0 atom stereocenters. The molecule has 0 fully saturated rings. The Balaban J connectivity index is 1.75. The molecule has 0 saturated heterocycles. The fraction of sp³-hybridized carbons (Fsp3) is 0.316. The van der Waals surface area contributed by atoms with Crippen molar-refractivity contribution in [2.45, 2.75) is 0 Å². The molecule has 0 spiro atoms. The van der Waals surface area contributed by atoms with Gasteiger partial charge in [-0.1, -0.05) is 24.3 Å². The number of phenolic OH excluding ortho intramolecular Hbond substituents is 1. The minimum absolute atomic E-state index is 0.107. The second-order valence-electron chi connectivity index (χ2n) is 5.24. The standard InChI is InChI=1S/C19H21FINO4/c20-7-8-24-9-10-25-11-12-26-19-18(21)13-16(14-22-19)2-1-15-3-5-17(23)6-4-15/h1-6,13-14,23H,7-12H2/b2-1+. The fourth-order valence-corrected chi connectivity index (χ4v) is 2.64. The predicted molar refractivity (Wildman–Crippen MR) is 107 cm³/mol. The van der Waals surface area contributed by atoms with Crippen molar-refractivity contribution in [3.63, 3.8) is 0 Å². The van der Waals surface area contributed by atoms with E-state index in [1.165, 1.54) is 0 Å². The van der Waals surface area contributed by atoms with Crippen molar-refractivity contribution in [1.82, 2.24) is 4.98 Å². The van der Waals surface area contributed by atoms with Gasteiger partial charge in [0, 0.05) is 6.20 Å². The summed E-state index contributed by atoms with van der Waals surface area (Å²) in [6.45, 7) is 1.22. The number of phenols is 1. The number of alkyl halides is 1. The molecule has 0 unspecified atom stereocenters. The highest BCUT2D eigenvalue weighted by Crippen LogP contribution is 2.20. The van der Waals surface area contributed by atoms with Crippen LogP contribution >= 0.6 is 22.6 Å². The molecular weight excluding hydrogens is 452 g/mol. The first-order valence-corrected chi connectivity index (χ1v) is 9.24. The number of rotatable bonds is 11. The molecule has 2 aromatic rings. The molecule has 0 bridgehead atoms. The largest absolute Gasteiger partial charge is 0.508 e. The molecule has 0 aliphatic heterocycles. The van der Waals surface area contributed by atoms with E-state index in [1.807, 2.05) is 30.4 Å². The van der Waals surface area contributed by atoms with Gasteiger partial charge in [0.15, 0.2) is 0 Å².